The third-order valence-electron chi connectivity index (χ3n) is 2.34. The molecule has 0 aliphatic rings. The van der Waals surface area contributed by atoms with E-state index in [9.17, 15) is 8.42 Å². The fourth-order valence-corrected chi connectivity index (χ4v) is 2.91. The molecule has 2 rings (SSSR count). The molecule has 0 aliphatic carbocycles. The molecule has 2 heterocycles. The largest absolute Gasteiger partial charge is 0.324 e. The van der Waals surface area contributed by atoms with Crippen LogP contribution in [0.3, 0.4) is 0 Å². The topological polar surface area (TPSA) is 76.9 Å². The average Bonchev–Trinajstić information content (AvgIpc) is 2.63. The lowest BCUT2D eigenvalue weighted by atomic mass is 10.3. The second-order valence-corrected chi connectivity index (χ2v) is 5.65. The predicted octanol–water partition coefficient (Wildman–Crippen LogP) is 1.58. The van der Waals surface area contributed by atoms with Crippen molar-refractivity contribution in [1.82, 2.24) is 14.5 Å². The fourth-order valence-electron chi connectivity index (χ4n) is 1.36. The highest BCUT2D eigenvalue weighted by Crippen LogP contribution is 2.22. The van der Waals surface area contributed by atoms with Gasteiger partial charge in [0.1, 0.15) is 5.15 Å². The van der Waals surface area contributed by atoms with Crippen LogP contribution in [0.25, 0.3) is 0 Å². The Morgan fingerprint density at radius 2 is 2.11 bits per heavy atom. The van der Waals surface area contributed by atoms with Gasteiger partial charge in [-0.2, -0.15) is 8.42 Å². The average molecular weight is 287 g/mol. The second kappa shape index (κ2) is 4.58. The SMILES string of the molecule is Cc1ncccc1NS(=O)(=O)c1ncn(C)c1Cl. The van der Waals surface area contributed by atoms with Crippen molar-refractivity contribution < 1.29 is 8.42 Å². The van der Waals surface area contributed by atoms with E-state index in [1.54, 1.807) is 32.3 Å². The first kappa shape index (κ1) is 12.8. The van der Waals surface area contributed by atoms with Crippen molar-refractivity contribution in [3.8, 4) is 0 Å². The zero-order valence-corrected chi connectivity index (χ0v) is 11.3. The number of nitrogens with one attached hydrogen (secondary N) is 1. The Bertz CT molecular complexity index is 681. The van der Waals surface area contributed by atoms with Crippen LogP contribution in [0.15, 0.2) is 29.7 Å². The Morgan fingerprint density at radius 1 is 1.39 bits per heavy atom. The van der Waals surface area contributed by atoms with E-state index in [-0.39, 0.29) is 10.2 Å². The molecule has 0 spiro atoms. The number of hydrogen-bond acceptors (Lipinski definition) is 4. The number of aromatic nitrogens is 3. The number of halogens is 1. The summed E-state index contributed by atoms with van der Waals surface area (Å²) in [6.07, 6.45) is 2.92. The third kappa shape index (κ3) is 2.32. The summed E-state index contributed by atoms with van der Waals surface area (Å²) in [5, 5.41) is -0.140. The Hall–Kier alpha value is -1.60. The van der Waals surface area contributed by atoms with Crippen LogP contribution in [0, 0.1) is 6.92 Å². The highest BCUT2D eigenvalue weighted by atomic mass is 35.5. The molecule has 6 nitrogen and oxygen atoms in total. The number of hydrogen-bond donors (Lipinski definition) is 1. The van der Waals surface area contributed by atoms with Gasteiger partial charge >= 0.3 is 0 Å². The van der Waals surface area contributed by atoms with Crippen LogP contribution in [0.2, 0.25) is 5.15 Å². The van der Waals surface area contributed by atoms with E-state index in [4.69, 9.17) is 11.6 Å². The minimum atomic E-state index is -3.80. The van der Waals surface area contributed by atoms with Gasteiger partial charge in [0.2, 0.25) is 5.03 Å². The quantitative estimate of drug-likeness (QED) is 0.929. The van der Waals surface area contributed by atoms with E-state index in [1.807, 2.05) is 0 Å². The number of sulfonamides is 1. The lowest BCUT2D eigenvalue weighted by Gasteiger charge is -2.08. The number of nitrogens with zero attached hydrogens (tertiary/aromatic N) is 3. The molecule has 0 saturated carbocycles. The Labute approximate surface area is 110 Å². The molecular weight excluding hydrogens is 276 g/mol. The maximum absolute atomic E-state index is 12.1. The monoisotopic (exact) mass is 286 g/mol. The number of imidazole rings is 1. The molecule has 0 aromatic carbocycles. The summed E-state index contributed by atoms with van der Waals surface area (Å²) in [6, 6.07) is 3.27. The molecule has 0 saturated heterocycles. The second-order valence-electron chi connectivity index (χ2n) is 3.69. The zero-order chi connectivity index (χ0) is 13.3. The Balaban J connectivity index is 2.40. The molecule has 96 valence electrons. The van der Waals surface area contributed by atoms with Crippen molar-refractivity contribution in [2.75, 3.05) is 4.72 Å². The van der Waals surface area contributed by atoms with E-state index in [1.165, 1.54) is 10.9 Å². The van der Waals surface area contributed by atoms with Crippen LogP contribution in [-0.2, 0) is 17.1 Å². The molecular formula is C10H11ClN4O2S. The summed E-state index contributed by atoms with van der Waals surface area (Å²) in [6.45, 7) is 1.71. The molecule has 0 bridgehead atoms. The number of pyridine rings is 1. The summed E-state index contributed by atoms with van der Waals surface area (Å²) in [7, 11) is -2.18. The van der Waals surface area contributed by atoms with Gasteiger partial charge in [-0.3, -0.25) is 9.71 Å². The Morgan fingerprint density at radius 3 is 2.67 bits per heavy atom. The molecule has 0 aliphatic heterocycles. The third-order valence-corrected chi connectivity index (χ3v) is 4.19. The van der Waals surface area contributed by atoms with Gasteiger partial charge < -0.3 is 4.57 Å². The molecule has 18 heavy (non-hydrogen) atoms. The van der Waals surface area contributed by atoms with E-state index in [0.717, 1.165) is 0 Å². The maximum atomic E-state index is 12.1. The first-order valence-corrected chi connectivity index (χ1v) is 6.89. The van der Waals surface area contributed by atoms with Crippen molar-refractivity contribution in [3.63, 3.8) is 0 Å². The predicted molar refractivity (Wildman–Crippen MR) is 68.0 cm³/mol. The molecule has 0 atom stereocenters. The summed E-state index contributed by atoms with van der Waals surface area (Å²) in [4.78, 5) is 7.77. The number of aryl methyl sites for hydroxylation is 2. The van der Waals surface area contributed by atoms with Crippen molar-refractivity contribution >= 4 is 27.3 Å². The van der Waals surface area contributed by atoms with Gasteiger partial charge in [-0.1, -0.05) is 11.6 Å². The summed E-state index contributed by atoms with van der Waals surface area (Å²) >= 11 is 5.86. The first-order chi connectivity index (χ1) is 8.42. The standard InChI is InChI=1S/C10H11ClN4O2S/c1-7-8(4-3-5-12-7)14-18(16,17)10-9(11)15(2)6-13-10/h3-6,14H,1-2H3. The van der Waals surface area contributed by atoms with Gasteiger partial charge in [-0.25, -0.2) is 4.98 Å². The molecule has 2 aromatic heterocycles. The van der Waals surface area contributed by atoms with Gasteiger partial charge in [0.05, 0.1) is 17.7 Å². The van der Waals surface area contributed by atoms with Crippen LogP contribution >= 0.6 is 11.6 Å². The highest BCUT2D eigenvalue weighted by molar-refractivity contribution is 7.92. The molecule has 8 heteroatoms. The number of anilines is 1. The van der Waals surface area contributed by atoms with Crippen LogP contribution in [0.4, 0.5) is 5.69 Å². The van der Waals surface area contributed by atoms with Crippen LogP contribution in [-0.4, -0.2) is 23.0 Å². The van der Waals surface area contributed by atoms with E-state index < -0.39 is 10.0 Å². The van der Waals surface area contributed by atoms with Crippen LogP contribution in [0.1, 0.15) is 5.69 Å². The molecule has 0 radical (unpaired) electrons. The molecule has 0 fully saturated rings. The normalized spacial score (nSPS) is 11.5. The van der Waals surface area contributed by atoms with E-state index in [0.29, 0.717) is 11.4 Å². The summed E-state index contributed by atoms with van der Waals surface area (Å²) in [5.74, 6) is 0. The first-order valence-electron chi connectivity index (χ1n) is 5.03. The van der Waals surface area contributed by atoms with E-state index >= 15 is 0 Å². The van der Waals surface area contributed by atoms with Gasteiger partial charge in [-0.05, 0) is 19.1 Å². The van der Waals surface area contributed by atoms with E-state index in [2.05, 4.69) is 14.7 Å². The van der Waals surface area contributed by atoms with Crippen molar-refractivity contribution in [3.05, 3.63) is 35.5 Å². The molecule has 0 unspecified atom stereocenters. The van der Waals surface area contributed by atoms with Gasteiger partial charge in [0, 0.05) is 13.2 Å². The highest BCUT2D eigenvalue weighted by Gasteiger charge is 2.22. The summed E-state index contributed by atoms with van der Waals surface area (Å²) in [5.41, 5.74) is 0.979. The lowest BCUT2D eigenvalue weighted by Crippen LogP contribution is -2.15. The fraction of sp³-hybridized carbons (Fsp3) is 0.200. The maximum Gasteiger partial charge on any atom is 0.282 e. The Kier molecular flexibility index (Phi) is 3.27. The van der Waals surface area contributed by atoms with Crippen molar-refractivity contribution in [2.24, 2.45) is 7.05 Å². The zero-order valence-electron chi connectivity index (χ0n) is 9.75. The van der Waals surface area contributed by atoms with Gasteiger partial charge in [0.15, 0.2) is 0 Å². The number of rotatable bonds is 3. The van der Waals surface area contributed by atoms with Crippen molar-refractivity contribution in [2.45, 2.75) is 11.9 Å². The smallest absolute Gasteiger partial charge is 0.282 e. The molecule has 1 N–H and O–H groups in total. The lowest BCUT2D eigenvalue weighted by molar-refractivity contribution is 0.598. The molecule has 2 aromatic rings. The van der Waals surface area contributed by atoms with Crippen LogP contribution < -0.4 is 4.72 Å². The summed E-state index contributed by atoms with van der Waals surface area (Å²) < 4.78 is 28.0. The minimum Gasteiger partial charge on any atom is -0.324 e. The van der Waals surface area contributed by atoms with Crippen LogP contribution in [0.5, 0.6) is 0 Å². The van der Waals surface area contributed by atoms with Gasteiger partial charge in [-0.15, -0.1) is 0 Å². The minimum absolute atomic E-state index is 0.0593. The van der Waals surface area contributed by atoms with Crippen molar-refractivity contribution in [1.29, 1.82) is 0 Å². The van der Waals surface area contributed by atoms with Gasteiger partial charge in [0.25, 0.3) is 10.0 Å². The molecule has 0 amide bonds.